The molecule has 3 N–H and O–H groups in total. The molecule has 1 amide bonds. The van der Waals surface area contributed by atoms with Crippen LogP contribution in [0.2, 0.25) is 0 Å². The van der Waals surface area contributed by atoms with Crippen molar-refractivity contribution < 1.29 is 9.53 Å². The Labute approximate surface area is 149 Å². The van der Waals surface area contributed by atoms with Gasteiger partial charge in [0.1, 0.15) is 5.75 Å². The largest absolute Gasteiger partial charge is 0.497 e. The summed E-state index contributed by atoms with van der Waals surface area (Å²) in [4.78, 5) is 13.2. The Morgan fingerprint density at radius 2 is 1.96 bits per heavy atom. The first-order chi connectivity index (χ1) is 12.2. The van der Waals surface area contributed by atoms with Crippen LogP contribution < -0.4 is 15.9 Å². The van der Waals surface area contributed by atoms with Gasteiger partial charge in [-0.1, -0.05) is 42.5 Å². The number of hydrogen-bond acceptors (Lipinski definition) is 5. The number of amides is 1. The molecule has 1 aromatic heterocycles. The van der Waals surface area contributed by atoms with Crippen LogP contribution in [0, 0.1) is 0 Å². The van der Waals surface area contributed by atoms with E-state index in [1.165, 1.54) is 11.3 Å². The first-order valence-corrected chi connectivity index (χ1v) is 8.41. The van der Waals surface area contributed by atoms with Crippen molar-refractivity contribution in [1.29, 1.82) is 0 Å². The SMILES string of the molecule is COc1cccc(/C=N/NC(=O)c2cc(-c3ccccc3)sc2N)c1. The summed E-state index contributed by atoms with van der Waals surface area (Å²) in [5, 5.41) is 4.45. The molecule has 0 radical (unpaired) electrons. The Balaban J connectivity index is 1.71. The lowest BCUT2D eigenvalue weighted by molar-refractivity contribution is 0.0956. The van der Waals surface area contributed by atoms with Gasteiger partial charge in [-0.15, -0.1) is 11.3 Å². The van der Waals surface area contributed by atoms with Gasteiger partial charge in [0.2, 0.25) is 0 Å². The van der Waals surface area contributed by atoms with E-state index < -0.39 is 0 Å². The van der Waals surface area contributed by atoms with Crippen molar-refractivity contribution in [2.24, 2.45) is 5.10 Å². The molecule has 3 rings (SSSR count). The molecule has 0 aliphatic rings. The van der Waals surface area contributed by atoms with Crippen molar-refractivity contribution in [2.45, 2.75) is 0 Å². The number of nitrogens with zero attached hydrogens (tertiary/aromatic N) is 1. The fourth-order valence-electron chi connectivity index (χ4n) is 2.27. The summed E-state index contributed by atoms with van der Waals surface area (Å²) in [7, 11) is 1.60. The Bertz CT molecular complexity index is 904. The Morgan fingerprint density at radius 1 is 1.16 bits per heavy atom. The molecule has 0 aliphatic heterocycles. The minimum atomic E-state index is -0.338. The van der Waals surface area contributed by atoms with E-state index in [0.29, 0.717) is 10.6 Å². The summed E-state index contributed by atoms with van der Waals surface area (Å²) in [6.45, 7) is 0. The average Bonchev–Trinajstić information content (AvgIpc) is 3.04. The van der Waals surface area contributed by atoms with Gasteiger partial charge in [0, 0.05) is 4.88 Å². The topological polar surface area (TPSA) is 76.7 Å². The molecular formula is C19H17N3O2S. The van der Waals surface area contributed by atoms with Crippen molar-refractivity contribution in [3.05, 3.63) is 71.8 Å². The zero-order valence-electron chi connectivity index (χ0n) is 13.6. The van der Waals surface area contributed by atoms with Crippen LogP contribution in [0.4, 0.5) is 5.00 Å². The molecule has 0 saturated carbocycles. The van der Waals surface area contributed by atoms with Crippen LogP contribution in [0.5, 0.6) is 5.75 Å². The monoisotopic (exact) mass is 351 g/mol. The molecular weight excluding hydrogens is 334 g/mol. The Hall–Kier alpha value is -3.12. The quantitative estimate of drug-likeness (QED) is 0.543. The maximum atomic E-state index is 12.3. The van der Waals surface area contributed by atoms with Gasteiger partial charge in [0.15, 0.2) is 0 Å². The molecule has 3 aromatic rings. The highest BCUT2D eigenvalue weighted by molar-refractivity contribution is 7.19. The fourth-order valence-corrected chi connectivity index (χ4v) is 3.20. The lowest BCUT2D eigenvalue weighted by Gasteiger charge is -2.00. The van der Waals surface area contributed by atoms with Gasteiger partial charge in [-0.25, -0.2) is 5.43 Å². The number of rotatable bonds is 5. The standard InChI is InChI=1S/C19H17N3O2S/c1-24-15-9-5-6-13(10-15)12-21-22-19(23)16-11-17(25-18(16)20)14-7-3-2-4-8-14/h2-12H,20H2,1H3,(H,22,23)/b21-12+. The van der Waals surface area contributed by atoms with Gasteiger partial charge >= 0.3 is 0 Å². The smallest absolute Gasteiger partial charge is 0.274 e. The van der Waals surface area contributed by atoms with Gasteiger partial charge in [0.25, 0.3) is 5.91 Å². The molecule has 0 spiro atoms. The summed E-state index contributed by atoms with van der Waals surface area (Å²) in [5.41, 5.74) is 10.8. The highest BCUT2D eigenvalue weighted by Gasteiger charge is 2.14. The van der Waals surface area contributed by atoms with Crippen molar-refractivity contribution >= 4 is 28.5 Å². The highest BCUT2D eigenvalue weighted by Crippen LogP contribution is 2.33. The molecule has 25 heavy (non-hydrogen) atoms. The molecule has 0 bridgehead atoms. The van der Waals surface area contributed by atoms with Gasteiger partial charge in [0.05, 0.1) is 23.9 Å². The van der Waals surface area contributed by atoms with Crippen LogP contribution in [0.15, 0.2) is 65.8 Å². The van der Waals surface area contributed by atoms with Gasteiger partial charge in [-0.2, -0.15) is 5.10 Å². The van der Waals surface area contributed by atoms with Crippen LogP contribution in [-0.4, -0.2) is 19.2 Å². The molecule has 1 heterocycles. The summed E-state index contributed by atoms with van der Waals surface area (Å²) in [5.74, 6) is 0.389. The maximum Gasteiger partial charge on any atom is 0.274 e. The molecule has 5 nitrogen and oxygen atoms in total. The van der Waals surface area contributed by atoms with Gasteiger partial charge in [-0.3, -0.25) is 4.79 Å². The lowest BCUT2D eigenvalue weighted by Crippen LogP contribution is -2.18. The fraction of sp³-hybridized carbons (Fsp3) is 0.0526. The maximum absolute atomic E-state index is 12.3. The van der Waals surface area contributed by atoms with Crippen LogP contribution in [0.1, 0.15) is 15.9 Å². The van der Waals surface area contributed by atoms with Crippen LogP contribution >= 0.6 is 11.3 Å². The molecule has 0 unspecified atom stereocenters. The third kappa shape index (κ3) is 4.05. The number of anilines is 1. The van der Waals surface area contributed by atoms with E-state index in [2.05, 4.69) is 10.5 Å². The minimum absolute atomic E-state index is 0.338. The number of thiophene rings is 1. The number of carbonyl (C=O) groups is 1. The predicted octanol–water partition coefficient (Wildman–Crippen LogP) is 3.77. The Morgan fingerprint density at radius 3 is 2.72 bits per heavy atom. The summed E-state index contributed by atoms with van der Waals surface area (Å²) in [6.07, 6.45) is 1.56. The van der Waals surface area contributed by atoms with Gasteiger partial charge < -0.3 is 10.5 Å². The number of hydrogen-bond donors (Lipinski definition) is 2. The molecule has 126 valence electrons. The second-order valence-corrected chi connectivity index (χ2v) is 6.31. The van der Waals surface area contributed by atoms with Crippen molar-refractivity contribution in [3.63, 3.8) is 0 Å². The number of nitrogens with one attached hydrogen (secondary N) is 1. The second-order valence-electron chi connectivity index (χ2n) is 5.23. The van der Waals surface area contributed by atoms with E-state index in [1.807, 2.05) is 54.6 Å². The Kier molecular flexibility index (Phi) is 5.11. The molecule has 0 atom stereocenters. The van der Waals surface area contributed by atoms with E-state index in [4.69, 9.17) is 10.5 Å². The van der Waals surface area contributed by atoms with E-state index in [1.54, 1.807) is 19.4 Å². The van der Waals surface area contributed by atoms with Gasteiger partial charge in [-0.05, 0) is 29.3 Å². The third-order valence-corrected chi connectivity index (χ3v) is 4.55. The normalized spacial score (nSPS) is 10.8. The summed E-state index contributed by atoms with van der Waals surface area (Å²) < 4.78 is 5.15. The van der Waals surface area contributed by atoms with Crippen LogP contribution in [0.25, 0.3) is 10.4 Å². The molecule has 0 aliphatic carbocycles. The number of nitrogens with two attached hydrogens (primary N) is 1. The van der Waals surface area contributed by atoms with Crippen molar-refractivity contribution in [1.82, 2.24) is 5.43 Å². The third-order valence-electron chi connectivity index (χ3n) is 3.54. The van der Waals surface area contributed by atoms with Crippen molar-refractivity contribution in [3.8, 4) is 16.2 Å². The molecule has 0 fully saturated rings. The zero-order valence-corrected chi connectivity index (χ0v) is 14.4. The first kappa shape index (κ1) is 16.7. The number of methoxy groups -OCH3 is 1. The second kappa shape index (κ2) is 7.63. The molecule has 6 heteroatoms. The number of benzene rings is 2. The molecule has 0 saturated heterocycles. The number of carbonyl (C=O) groups excluding carboxylic acids is 1. The average molecular weight is 351 g/mol. The first-order valence-electron chi connectivity index (χ1n) is 7.59. The molecule has 2 aromatic carbocycles. The van der Waals surface area contributed by atoms with Crippen molar-refractivity contribution in [2.75, 3.05) is 12.8 Å². The number of nitrogen functional groups attached to an aromatic ring is 1. The van der Waals surface area contributed by atoms with Crippen LogP contribution in [-0.2, 0) is 0 Å². The lowest BCUT2D eigenvalue weighted by atomic mass is 10.1. The van der Waals surface area contributed by atoms with E-state index >= 15 is 0 Å². The minimum Gasteiger partial charge on any atom is -0.497 e. The van der Waals surface area contributed by atoms with E-state index in [0.717, 1.165) is 21.8 Å². The number of ether oxygens (including phenoxy) is 1. The number of hydrazone groups is 1. The van der Waals surface area contributed by atoms with Crippen LogP contribution in [0.3, 0.4) is 0 Å². The summed E-state index contributed by atoms with van der Waals surface area (Å²) in [6, 6.07) is 19.0. The van der Waals surface area contributed by atoms with E-state index in [9.17, 15) is 4.79 Å². The summed E-state index contributed by atoms with van der Waals surface area (Å²) >= 11 is 1.38. The highest BCUT2D eigenvalue weighted by atomic mass is 32.1. The van der Waals surface area contributed by atoms with E-state index in [-0.39, 0.29) is 5.91 Å². The predicted molar refractivity (Wildman–Crippen MR) is 102 cm³/mol. The zero-order chi connectivity index (χ0) is 17.6.